The van der Waals surface area contributed by atoms with Gasteiger partial charge in [-0.25, -0.2) is 0 Å². The van der Waals surface area contributed by atoms with Gasteiger partial charge in [0.1, 0.15) is 0 Å². The fraction of sp³-hybridized carbons (Fsp3) is 0.818. The number of hydrogen-bond acceptors (Lipinski definition) is 3. The number of rotatable bonds is 2. The first kappa shape index (κ1) is 12.2. The summed E-state index contributed by atoms with van der Waals surface area (Å²) in [5, 5.41) is 0. The molecule has 0 aromatic heterocycles. The molecule has 1 saturated heterocycles. The topological polar surface area (TPSA) is 46.6 Å². The maximum Gasteiger partial charge on any atom is 0.290 e. The van der Waals surface area contributed by atoms with Gasteiger partial charge in [0.25, 0.3) is 5.91 Å². The van der Waals surface area contributed by atoms with Crippen molar-refractivity contribution in [1.82, 2.24) is 4.90 Å². The van der Waals surface area contributed by atoms with E-state index in [-0.39, 0.29) is 23.2 Å². The fourth-order valence-electron chi connectivity index (χ4n) is 1.59. The van der Waals surface area contributed by atoms with Crippen molar-refractivity contribution in [3.63, 3.8) is 0 Å². The Hall–Kier alpha value is -0.900. The van der Waals surface area contributed by atoms with Crippen molar-refractivity contribution in [1.29, 1.82) is 0 Å². The molecule has 1 aliphatic heterocycles. The minimum atomic E-state index is -0.374. The van der Waals surface area contributed by atoms with Crippen molar-refractivity contribution < 1.29 is 14.3 Å². The van der Waals surface area contributed by atoms with Crippen LogP contribution in [-0.2, 0) is 14.3 Å². The van der Waals surface area contributed by atoms with Crippen LogP contribution in [0.25, 0.3) is 0 Å². The van der Waals surface area contributed by atoms with Crippen molar-refractivity contribution in [3.05, 3.63) is 0 Å². The number of amides is 1. The summed E-state index contributed by atoms with van der Waals surface area (Å²) in [7, 11) is 0. The van der Waals surface area contributed by atoms with Crippen molar-refractivity contribution in [2.75, 3.05) is 19.7 Å². The Morgan fingerprint density at radius 2 is 1.93 bits per heavy atom. The van der Waals surface area contributed by atoms with Crippen LogP contribution in [0.4, 0.5) is 0 Å². The lowest BCUT2D eigenvalue weighted by Gasteiger charge is -2.37. The molecule has 4 heteroatoms. The molecule has 0 N–H and O–H groups in total. The van der Waals surface area contributed by atoms with Crippen molar-refractivity contribution in [2.45, 2.75) is 33.3 Å². The summed E-state index contributed by atoms with van der Waals surface area (Å²) in [6, 6.07) is 0. The average molecular weight is 213 g/mol. The minimum absolute atomic E-state index is 0.233. The third kappa shape index (κ3) is 3.02. The normalized spacial score (nSPS) is 20.5. The number of carbonyl (C=O) groups is 2. The summed E-state index contributed by atoms with van der Waals surface area (Å²) in [4.78, 5) is 24.9. The monoisotopic (exact) mass is 213 g/mol. The molecule has 0 aromatic carbocycles. The van der Waals surface area contributed by atoms with Gasteiger partial charge in [0.2, 0.25) is 5.78 Å². The van der Waals surface area contributed by atoms with E-state index >= 15 is 0 Å². The molecule has 15 heavy (non-hydrogen) atoms. The van der Waals surface area contributed by atoms with E-state index in [4.69, 9.17) is 4.74 Å². The largest absolute Gasteiger partial charge is 0.372 e. The number of ketones is 1. The second-order valence-electron chi connectivity index (χ2n) is 4.85. The maximum atomic E-state index is 11.7. The van der Waals surface area contributed by atoms with Crippen molar-refractivity contribution in [3.8, 4) is 0 Å². The van der Waals surface area contributed by atoms with Crippen LogP contribution in [0.3, 0.4) is 0 Å². The molecule has 0 unspecified atom stereocenters. The zero-order valence-corrected chi connectivity index (χ0v) is 9.87. The summed E-state index contributed by atoms with van der Waals surface area (Å²) in [6.45, 7) is 8.84. The standard InChI is InChI=1S/C11H19NO3/c1-8(2)9(13)10(14)12-5-6-15-11(3,4)7-12/h8H,5-7H2,1-4H3. The van der Waals surface area contributed by atoms with Gasteiger partial charge in [0.15, 0.2) is 0 Å². The lowest BCUT2D eigenvalue weighted by atomic mass is 10.0. The number of morpholine rings is 1. The van der Waals surface area contributed by atoms with Gasteiger partial charge >= 0.3 is 0 Å². The Morgan fingerprint density at radius 1 is 1.33 bits per heavy atom. The van der Waals surface area contributed by atoms with Gasteiger partial charge < -0.3 is 9.64 Å². The van der Waals surface area contributed by atoms with E-state index in [1.165, 1.54) is 0 Å². The Labute approximate surface area is 90.6 Å². The molecule has 1 amide bonds. The molecular formula is C11H19NO3. The van der Waals surface area contributed by atoms with Gasteiger partial charge in [-0.05, 0) is 13.8 Å². The Bertz CT molecular complexity index is 271. The van der Waals surface area contributed by atoms with E-state index in [0.717, 1.165) is 0 Å². The first-order chi connectivity index (χ1) is 6.83. The second kappa shape index (κ2) is 4.31. The SMILES string of the molecule is CC(C)C(=O)C(=O)N1CCOC(C)(C)C1. The van der Waals surface area contributed by atoms with Gasteiger partial charge in [0, 0.05) is 19.0 Å². The molecule has 0 radical (unpaired) electrons. The zero-order valence-electron chi connectivity index (χ0n) is 9.87. The van der Waals surface area contributed by atoms with Crippen LogP contribution >= 0.6 is 0 Å². The molecule has 0 aliphatic carbocycles. The molecule has 1 rings (SSSR count). The van der Waals surface area contributed by atoms with E-state index in [1.54, 1.807) is 18.7 Å². The molecule has 0 spiro atoms. The molecule has 1 aliphatic rings. The molecule has 4 nitrogen and oxygen atoms in total. The van der Waals surface area contributed by atoms with E-state index in [2.05, 4.69) is 0 Å². The highest BCUT2D eigenvalue weighted by molar-refractivity contribution is 6.36. The van der Waals surface area contributed by atoms with E-state index in [9.17, 15) is 9.59 Å². The fourth-order valence-corrected chi connectivity index (χ4v) is 1.59. The molecule has 1 heterocycles. The van der Waals surface area contributed by atoms with Crippen LogP contribution in [0, 0.1) is 5.92 Å². The summed E-state index contributed by atoms with van der Waals surface area (Å²) >= 11 is 0. The maximum absolute atomic E-state index is 11.7. The number of Topliss-reactive ketones (excluding diaryl/α,β-unsaturated/α-hetero) is 1. The predicted octanol–water partition coefficient (Wildman–Crippen LogP) is 0.849. The third-order valence-electron chi connectivity index (χ3n) is 2.45. The molecule has 0 saturated carbocycles. The first-order valence-corrected chi connectivity index (χ1v) is 5.30. The number of carbonyl (C=O) groups excluding carboxylic acids is 2. The quantitative estimate of drug-likeness (QED) is 0.639. The van der Waals surface area contributed by atoms with Crippen molar-refractivity contribution in [2.24, 2.45) is 5.92 Å². The van der Waals surface area contributed by atoms with E-state index in [1.807, 2.05) is 13.8 Å². The van der Waals surface area contributed by atoms with Gasteiger partial charge in [-0.2, -0.15) is 0 Å². The molecule has 86 valence electrons. The van der Waals surface area contributed by atoms with Crippen LogP contribution in [0.5, 0.6) is 0 Å². The van der Waals surface area contributed by atoms with Crippen LogP contribution in [-0.4, -0.2) is 41.9 Å². The van der Waals surface area contributed by atoms with E-state index < -0.39 is 0 Å². The first-order valence-electron chi connectivity index (χ1n) is 5.30. The molecular weight excluding hydrogens is 194 g/mol. The highest BCUT2D eigenvalue weighted by Crippen LogP contribution is 2.17. The Kier molecular flexibility index (Phi) is 3.50. The lowest BCUT2D eigenvalue weighted by molar-refractivity contribution is -0.155. The highest BCUT2D eigenvalue weighted by Gasteiger charge is 2.33. The number of hydrogen-bond donors (Lipinski definition) is 0. The Morgan fingerprint density at radius 3 is 2.40 bits per heavy atom. The lowest BCUT2D eigenvalue weighted by Crippen LogP contribution is -2.52. The van der Waals surface area contributed by atoms with Crippen LogP contribution < -0.4 is 0 Å². The summed E-state index contributed by atoms with van der Waals surface area (Å²) in [5.74, 6) is -0.919. The van der Waals surface area contributed by atoms with Gasteiger partial charge in [-0.1, -0.05) is 13.8 Å². The Balaban J connectivity index is 2.64. The zero-order chi connectivity index (χ0) is 11.6. The second-order valence-corrected chi connectivity index (χ2v) is 4.85. The van der Waals surface area contributed by atoms with Gasteiger partial charge in [-0.15, -0.1) is 0 Å². The summed E-state index contributed by atoms with van der Waals surface area (Å²) in [6.07, 6.45) is 0. The summed E-state index contributed by atoms with van der Waals surface area (Å²) < 4.78 is 5.48. The minimum Gasteiger partial charge on any atom is -0.372 e. The van der Waals surface area contributed by atoms with Gasteiger partial charge in [0.05, 0.1) is 12.2 Å². The van der Waals surface area contributed by atoms with Crippen LogP contribution in [0.15, 0.2) is 0 Å². The number of ether oxygens (including phenoxy) is 1. The van der Waals surface area contributed by atoms with E-state index in [0.29, 0.717) is 19.7 Å². The molecule has 1 fully saturated rings. The third-order valence-corrected chi connectivity index (χ3v) is 2.45. The van der Waals surface area contributed by atoms with Crippen LogP contribution in [0.2, 0.25) is 0 Å². The molecule has 0 aromatic rings. The smallest absolute Gasteiger partial charge is 0.290 e. The predicted molar refractivity (Wildman–Crippen MR) is 56.5 cm³/mol. The molecule has 0 atom stereocenters. The highest BCUT2D eigenvalue weighted by atomic mass is 16.5. The van der Waals surface area contributed by atoms with Gasteiger partial charge in [-0.3, -0.25) is 9.59 Å². The average Bonchev–Trinajstić information content (AvgIpc) is 2.13. The van der Waals surface area contributed by atoms with Crippen LogP contribution in [0.1, 0.15) is 27.7 Å². The van der Waals surface area contributed by atoms with Crippen molar-refractivity contribution >= 4 is 11.7 Å². The summed E-state index contributed by atoms with van der Waals surface area (Å²) in [5.41, 5.74) is -0.342. The number of nitrogens with zero attached hydrogens (tertiary/aromatic N) is 1. The molecule has 0 bridgehead atoms.